The zero-order valence-corrected chi connectivity index (χ0v) is 15.9. The van der Waals surface area contributed by atoms with Crippen molar-refractivity contribution in [2.45, 2.75) is 31.7 Å². The van der Waals surface area contributed by atoms with Gasteiger partial charge in [0.1, 0.15) is 6.04 Å². The Bertz CT molecular complexity index is 967. The maximum absolute atomic E-state index is 12.8. The summed E-state index contributed by atoms with van der Waals surface area (Å²) in [7, 11) is 0. The number of carbonyl (C=O) groups is 2. The van der Waals surface area contributed by atoms with Gasteiger partial charge in [0, 0.05) is 19.6 Å². The van der Waals surface area contributed by atoms with Gasteiger partial charge in [-0.15, -0.1) is 0 Å². The molecule has 9 heteroatoms. The van der Waals surface area contributed by atoms with E-state index in [0.717, 1.165) is 17.7 Å². The van der Waals surface area contributed by atoms with Crippen LogP contribution in [0.3, 0.4) is 0 Å². The quantitative estimate of drug-likeness (QED) is 0.785. The van der Waals surface area contributed by atoms with Gasteiger partial charge in [-0.1, -0.05) is 24.3 Å². The predicted octanol–water partition coefficient (Wildman–Crippen LogP) is 3.18. The number of hydrogen-bond donors (Lipinski definition) is 2. The summed E-state index contributed by atoms with van der Waals surface area (Å²) < 4.78 is 38.3. The zero-order chi connectivity index (χ0) is 21.7. The van der Waals surface area contributed by atoms with Crippen molar-refractivity contribution >= 4 is 11.9 Å². The van der Waals surface area contributed by atoms with E-state index in [2.05, 4.69) is 10.6 Å². The number of alkyl halides is 3. The molecule has 0 bridgehead atoms. The number of nitrogens with one attached hydrogen (secondary N) is 2. The van der Waals surface area contributed by atoms with Crippen molar-refractivity contribution in [3.63, 3.8) is 0 Å². The molecule has 1 aliphatic heterocycles. The molecule has 2 N–H and O–H groups in total. The average Bonchev–Trinajstić information content (AvgIpc) is 3.06. The molecule has 1 atom stereocenters. The molecule has 2 aromatic carbocycles. The number of urea groups is 1. The smallest absolute Gasteiger partial charge is 0.336 e. The first-order valence-electron chi connectivity index (χ1n) is 9.24. The molecule has 1 saturated heterocycles. The predicted molar refractivity (Wildman–Crippen MR) is 102 cm³/mol. The molecule has 0 aliphatic carbocycles. The highest BCUT2D eigenvalue weighted by atomic mass is 19.4. The van der Waals surface area contributed by atoms with E-state index < -0.39 is 23.8 Å². The Kier molecular flexibility index (Phi) is 6.26. The first kappa shape index (κ1) is 21.2. The summed E-state index contributed by atoms with van der Waals surface area (Å²) in [6.45, 7) is 0.748. The molecule has 0 saturated carbocycles. The molecule has 6 nitrogen and oxygen atoms in total. The van der Waals surface area contributed by atoms with Crippen LogP contribution in [0.2, 0.25) is 0 Å². The molecule has 2 aromatic rings. The van der Waals surface area contributed by atoms with Crippen LogP contribution in [0.1, 0.15) is 28.7 Å². The van der Waals surface area contributed by atoms with Crippen LogP contribution >= 0.6 is 0 Å². The Labute approximate surface area is 171 Å². The van der Waals surface area contributed by atoms with Gasteiger partial charge in [-0.25, -0.2) is 4.79 Å². The van der Waals surface area contributed by atoms with Gasteiger partial charge in [0.2, 0.25) is 5.91 Å². The highest BCUT2D eigenvalue weighted by Crippen LogP contribution is 2.29. The molecule has 1 unspecified atom stereocenters. The zero-order valence-electron chi connectivity index (χ0n) is 15.9. The third-order valence-electron chi connectivity index (χ3n) is 4.77. The van der Waals surface area contributed by atoms with Gasteiger partial charge in [0.15, 0.2) is 0 Å². The Morgan fingerprint density at radius 3 is 2.57 bits per heavy atom. The Morgan fingerprint density at radius 2 is 1.90 bits per heavy atom. The van der Waals surface area contributed by atoms with Crippen LogP contribution in [-0.4, -0.2) is 29.4 Å². The number of rotatable bonds is 5. The number of nitriles is 1. The van der Waals surface area contributed by atoms with Crippen molar-refractivity contribution in [2.24, 2.45) is 0 Å². The fourth-order valence-electron chi connectivity index (χ4n) is 3.18. The van der Waals surface area contributed by atoms with E-state index in [1.165, 1.54) is 12.1 Å². The van der Waals surface area contributed by atoms with Gasteiger partial charge in [-0.05, 0) is 41.8 Å². The maximum atomic E-state index is 12.8. The molecule has 1 fully saturated rings. The van der Waals surface area contributed by atoms with Crippen molar-refractivity contribution in [2.75, 3.05) is 6.54 Å². The largest absolute Gasteiger partial charge is 0.416 e. The van der Waals surface area contributed by atoms with Gasteiger partial charge < -0.3 is 15.5 Å². The lowest BCUT2D eigenvalue weighted by Gasteiger charge is -2.17. The van der Waals surface area contributed by atoms with Crippen LogP contribution < -0.4 is 10.6 Å². The Morgan fingerprint density at radius 1 is 1.17 bits per heavy atom. The van der Waals surface area contributed by atoms with Gasteiger partial charge in [0.25, 0.3) is 0 Å². The maximum Gasteiger partial charge on any atom is 0.416 e. The Balaban J connectivity index is 1.50. The van der Waals surface area contributed by atoms with E-state index >= 15 is 0 Å². The first-order valence-corrected chi connectivity index (χ1v) is 9.24. The molecule has 3 rings (SSSR count). The third-order valence-corrected chi connectivity index (χ3v) is 4.77. The van der Waals surface area contributed by atoms with Crippen molar-refractivity contribution < 1.29 is 22.8 Å². The summed E-state index contributed by atoms with van der Waals surface area (Å²) in [5.74, 6) is -0.228. The number of likely N-dealkylation sites (tertiary alicyclic amines) is 1. The second-order valence-electron chi connectivity index (χ2n) is 6.93. The number of halogens is 3. The number of hydrogen-bond acceptors (Lipinski definition) is 3. The summed E-state index contributed by atoms with van der Waals surface area (Å²) in [4.78, 5) is 26.2. The SMILES string of the molecule is N#Cc1ccc(CN2CCC(NC(=O)NCc3cccc(C(F)(F)F)c3)C2=O)cc1. The molecule has 156 valence electrons. The molecule has 0 spiro atoms. The van der Waals surface area contributed by atoms with Crippen LogP contribution in [0, 0.1) is 11.3 Å². The van der Waals surface area contributed by atoms with Crippen LogP contribution in [0.15, 0.2) is 48.5 Å². The van der Waals surface area contributed by atoms with Crippen LogP contribution in [0.5, 0.6) is 0 Å². The minimum Gasteiger partial charge on any atom is -0.336 e. The molecule has 3 amide bonds. The highest BCUT2D eigenvalue weighted by Gasteiger charge is 2.33. The minimum absolute atomic E-state index is 0.0916. The monoisotopic (exact) mass is 416 g/mol. The molecule has 30 heavy (non-hydrogen) atoms. The van der Waals surface area contributed by atoms with E-state index in [1.54, 1.807) is 29.2 Å². The van der Waals surface area contributed by atoms with Gasteiger partial charge in [-0.3, -0.25) is 4.79 Å². The van der Waals surface area contributed by atoms with E-state index in [4.69, 9.17) is 5.26 Å². The highest BCUT2D eigenvalue weighted by molar-refractivity contribution is 5.88. The topological polar surface area (TPSA) is 85.2 Å². The molecule has 1 heterocycles. The van der Waals surface area contributed by atoms with E-state index in [0.29, 0.717) is 30.6 Å². The lowest BCUT2D eigenvalue weighted by Crippen LogP contribution is -2.45. The second-order valence-corrected chi connectivity index (χ2v) is 6.93. The summed E-state index contributed by atoms with van der Waals surface area (Å²) in [5, 5.41) is 13.9. The molecule has 0 radical (unpaired) electrons. The number of nitrogens with zero attached hydrogens (tertiary/aromatic N) is 2. The van der Waals surface area contributed by atoms with Gasteiger partial charge in [0.05, 0.1) is 17.2 Å². The van der Waals surface area contributed by atoms with E-state index in [-0.39, 0.29) is 12.5 Å². The molecule has 1 aliphatic rings. The van der Waals surface area contributed by atoms with E-state index in [1.807, 2.05) is 6.07 Å². The number of amides is 3. The average molecular weight is 416 g/mol. The van der Waals surface area contributed by atoms with Crippen molar-refractivity contribution in [3.8, 4) is 6.07 Å². The van der Waals surface area contributed by atoms with Gasteiger partial charge >= 0.3 is 12.2 Å². The standard InChI is InChI=1S/C21H19F3N4O2/c22-21(23,24)17-3-1-2-16(10-17)12-26-20(30)27-18-8-9-28(19(18)29)13-15-6-4-14(11-25)5-7-15/h1-7,10,18H,8-9,12-13H2,(H2,26,27,30). The summed E-state index contributed by atoms with van der Waals surface area (Å²) >= 11 is 0. The first-order chi connectivity index (χ1) is 14.3. The lowest BCUT2D eigenvalue weighted by molar-refractivity contribution is -0.137. The van der Waals surface area contributed by atoms with Crippen LogP contribution in [0.4, 0.5) is 18.0 Å². The van der Waals surface area contributed by atoms with Crippen molar-refractivity contribution in [1.29, 1.82) is 5.26 Å². The van der Waals surface area contributed by atoms with Crippen LogP contribution in [-0.2, 0) is 24.1 Å². The fraction of sp³-hybridized carbons (Fsp3) is 0.286. The fourth-order valence-corrected chi connectivity index (χ4v) is 3.18. The molecular weight excluding hydrogens is 397 g/mol. The summed E-state index contributed by atoms with van der Waals surface area (Å²) in [6, 6.07) is 12.3. The van der Waals surface area contributed by atoms with Crippen LogP contribution in [0.25, 0.3) is 0 Å². The minimum atomic E-state index is -4.45. The normalized spacial score (nSPS) is 16.3. The van der Waals surface area contributed by atoms with Gasteiger partial charge in [-0.2, -0.15) is 18.4 Å². The third kappa shape index (κ3) is 5.29. The van der Waals surface area contributed by atoms with E-state index in [9.17, 15) is 22.8 Å². The number of benzene rings is 2. The van der Waals surface area contributed by atoms with Crippen molar-refractivity contribution in [1.82, 2.24) is 15.5 Å². The molecule has 0 aromatic heterocycles. The summed E-state index contributed by atoms with van der Waals surface area (Å²) in [6.07, 6.45) is -4.01. The Hall–Kier alpha value is -3.54. The molecular formula is C21H19F3N4O2. The second kappa shape index (κ2) is 8.86. The number of carbonyl (C=O) groups excluding carboxylic acids is 2. The lowest BCUT2D eigenvalue weighted by atomic mass is 10.1. The van der Waals surface area contributed by atoms with Crippen molar-refractivity contribution in [3.05, 3.63) is 70.8 Å². The summed E-state index contributed by atoms with van der Waals surface area (Å²) in [5.41, 5.74) is 0.923.